The van der Waals surface area contributed by atoms with Crippen LogP contribution in [0.25, 0.3) is 0 Å². The van der Waals surface area contributed by atoms with Crippen LogP contribution in [0, 0.1) is 13.8 Å². The number of aromatic nitrogens is 5. The molecule has 4 heterocycles. The van der Waals surface area contributed by atoms with E-state index in [4.69, 9.17) is 0 Å². The summed E-state index contributed by atoms with van der Waals surface area (Å²) in [7, 11) is 1.86. The predicted molar refractivity (Wildman–Crippen MR) is 100 cm³/mol. The molecule has 142 valence electrons. The van der Waals surface area contributed by atoms with Crippen molar-refractivity contribution in [3.63, 3.8) is 0 Å². The number of hydrogen-bond acceptors (Lipinski definition) is 5. The molecule has 0 fully saturated rings. The van der Waals surface area contributed by atoms with Crippen LogP contribution in [0.1, 0.15) is 40.1 Å². The van der Waals surface area contributed by atoms with Crippen molar-refractivity contribution in [1.29, 1.82) is 0 Å². The fourth-order valence-electron chi connectivity index (χ4n) is 3.57. The SMILES string of the molecule is Cc1c[nH]c(CN2CCn3nc([C@H](O)c4nccn4C)cc3C2)c(C)c1=O. The molecule has 27 heavy (non-hydrogen) atoms. The fraction of sp³-hybridized carbons (Fsp3) is 0.421. The molecule has 1 atom stereocenters. The normalized spacial score (nSPS) is 15.7. The van der Waals surface area contributed by atoms with Crippen molar-refractivity contribution in [1.82, 2.24) is 29.2 Å². The largest absolute Gasteiger partial charge is 0.379 e. The average molecular weight is 368 g/mol. The molecule has 0 bridgehead atoms. The van der Waals surface area contributed by atoms with Gasteiger partial charge in [-0.25, -0.2) is 4.98 Å². The van der Waals surface area contributed by atoms with Gasteiger partial charge in [-0.1, -0.05) is 0 Å². The number of aromatic amines is 1. The van der Waals surface area contributed by atoms with Crippen molar-refractivity contribution in [3.05, 3.63) is 68.9 Å². The van der Waals surface area contributed by atoms with Gasteiger partial charge in [0.15, 0.2) is 11.5 Å². The molecule has 1 aliphatic rings. The summed E-state index contributed by atoms with van der Waals surface area (Å²) in [6.45, 7) is 6.68. The first-order valence-corrected chi connectivity index (χ1v) is 9.06. The zero-order chi connectivity index (χ0) is 19.1. The summed E-state index contributed by atoms with van der Waals surface area (Å²) < 4.78 is 3.74. The minimum Gasteiger partial charge on any atom is -0.379 e. The molecule has 3 aromatic heterocycles. The highest BCUT2D eigenvalue weighted by Crippen LogP contribution is 2.23. The molecule has 8 nitrogen and oxygen atoms in total. The molecule has 0 unspecified atom stereocenters. The van der Waals surface area contributed by atoms with Crippen molar-refractivity contribution < 1.29 is 5.11 Å². The number of aliphatic hydroxyl groups excluding tert-OH is 1. The van der Waals surface area contributed by atoms with E-state index in [1.165, 1.54) is 0 Å². The van der Waals surface area contributed by atoms with Crippen molar-refractivity contribution in [2.75, 3.05) is 6.54 Å². The molecule has 0 spiro atoms. The maximum absolute atomic E-state index is 12.2. The molecular formula is C19H24N6O2. The monoisotopic (exact) mass is 368 g/mol. The van der Waals surface area contributed by atoms with Crippen LogP contribution in [0.3, 0.4) is 0 Å². The maximum Gasteiger partial charge on any atom is 0.187 e. The number of imidazole rings is 1. The van der Waals surface area contributed by atoms with E-state index in [-0.39, 0.29) is 5.43 Å². The van der Waals surface area contributed by atoms with Crippen LogP contribution < -0.4 is 5.43 Å². The zero-order valence-electron chi connectivity index (χ0n) is 15.8. The van der Waals surface area contributed by atoms with Crippen molar-refractivity contribution >= 4 is 0 Å². The van der Waals surface area contributed by atoms with Crippen LogP contribution >= 0.6 is 0 Å². The smallest absolute Gasteiger partial charge is 0.187 e. The highest BCUT2D eigenvalue weighted by molar-refractivity contribution is 5.24. The van der Waals surface area contributed by atoms with Crippen molar-refractivity contribution in [3.8, 4) is 0 Å². The minimum atomic E-state index is -0.841. The first-order chi connectivity index (χ1) is 12.9. The first kappa shape index (κ1) is 17.7. The van der Waals surface area contributed by atoms with E-state index in [0.717, 1.165) is 42.1 Å². The Kier molecular flexibility index (Phi) is 4.45. The van der Waals surface area contributed by atoms with E-state index in [1.54, 1.807) is 23.2 Å². The Balaban J connectivity index is 1.52. The lowest BCUT2D eigenvalue weighted by atomic mass is 10.1. The third kappa shape index (κ3) is 3.22. The van der Waals surface area contributed by atoms with E-state index in [9.17, 15) is 9.90 Å². The molecule has 0 aromatic carbocycles. The third-order valence-electron chi connectivity index (χ3n) is 5.28. The van der Waals surface area contributed by atoms with E-state index in [1.807, 2.05) is 31.6 Å². The van der Waals surface area contributed by atoms with Gasteiger partial charge in [0.05, 0.1) is 17.9 Å². The van der Waals surface area contributed by atoms with E-state index in [0.29, 0.717) is 18.1 Å². The second-order valence-corrected chi connectivity index (χ2v) is 7.20. The summed E-state index contributed by atoms with van der Waals surface area (Å²) in [5.41, 5.74) is 4.23. The summed E-state index contributed by atoms with van der Waals surface area (Å²) in [4.78, 5) is 21.9. The highest BCUT2D eigenvalue weighted by atomic mass is 16.3. The van der Waals surface area contributed by atoms with Gasteiger partial charge in [-0.15, -0.1) is 0 Å². The van der Waals surface area contributed by atoms with Gasteiger partial charge in [0.25, 0.3) is 0 Å². The van der Waals surface area contributed by atoms with Crippen LogP contribution in [0.5, 0.6) is 0 Å². The molecular weight excluding hydrogens is 344 g/mol. The summed E-state index contributed by atoms with van der Waals surface area (Å²) in [6, 6.07) is 1.94. The molecule has 3 aromatic rings. The third-order valence-corrected chi connectivity index (χ3v) is 5.28. The second-order valence-electron chi connectivity index (χ2n) is 7.20. The molecule has 0 saturated heterocycles. The lowest BCUT2D eigenvalue weighted by molar-refractivity contribution is 0.193. The van der Waals surface area contributed by atoms with Crippen LogP contribution in [-0.4, -0.2) is 40.9 Å². The van der Waals surface area contributed by atoms with Gasteiger partial charge in [-0.2, -0.15) is 5.10 Å². The Labute approximate surface area is 157 Å². The quantitative estimate of drug-likeness (QED) is 0.717. The number of aliphatic hydroxyl groups is 1. The number of nitrogens with zero attached hydrogens (tertiary/aromatic N) is 5. The van der Waals surface area contributed by atoms with Gasteiger partial charge in [-0.3, -0.25) is 14.4 Å². The first-order valence-electron chi connectivity index (χ1n) is 9.06. The highest BCUT2D eigenvalue weighted by Gasteiger charge is 2.24. The number of rotatable bonds is 4. The summed E-state index contributed by atoms with van der Waals surface area (Å²) in [5, 5.41) is 15.2. The summed E-state index contributed by atoms with van der Waals surface area (Å²) >= 11 is 0. The molecule has 2 N–H and O–H groups in total. The van der Waals surface area contributed by atoms with E-state index < -0.39 is 6.10 Å². The lowest BCUT2D eigenvalue weighted by Crippen LogP contribution is -2.34. The predicted octanol–water partition coefficient (Wildman–Crippen LogP) is 1.02. The van der Waals surface area contributed by atoms with Crippen LogP contribution in [0.4, 0.5) is 0 Å². The standard InChI is InChI=1S/C19H24N6O2/c1-12-9-21-16(13(2)17(12)26)11-24-6-7-25-14(10-24)8-15(22-25)18(27)19-20-4-5-23(19)3/h4-5,8-9,18,27H,6-7,10-11H2,1-3H3,(H,21,26)/t18-/m0/s1. The average Bonchev–Trinajstić information content (AvgIpc) is 3.27. The molecule has 8 heteroatoms. The Morgan fingerprint density at radius 3 is 2.89 bits per heavy atom. The molecule has 0 amide bonds. The van der Waals surface area contributed by atoms with Gasteiger partial charge >= 0.3 is 0 Å². The molecule has 1 aliphatic heterocycles. The minimum absolute atomic E-state index is 0.103. The number of hydrogen-bond donors (Lipinski definition) is 2. The fourth-order valence-corrected chi connectivity index (χ4v) is 3.57. The van der Waals surface area contributed by atoms with Crippen LogP contribution in [-0.2, 0) is 26.7 Å². The number of pyridine rings is 1. The van der Waals surface area contributed by atoms with Gasteiger partial charge < -0.3 is 14.7 Å². The Morgan fingerprint density at radius 1 is 1.33 bits per heavy atom. The Hall–Kier alpha value is -2.71. The topological polar surface area (TPSA) is 92.0 Å². The lowest BCUT2D eigenvalue weighted by Gasteiger charge is -2.27. The van der Waals surface area contributed by atoms with Crippen molar-refractivity contribution in [2.45, 2.75) is 39.6 Å². The van der Waals surface area contributed by atoms with Crippen molar-refractivity contribution in [2.24, 2.45) is 7.05 Å². The molecule has 4 rings (SSSR count). The second kappa shape index (κ2) is 6.79. The Bertz CT molecular complexity index is 1030. The molecule has 0 aliphatic carbocycles. The molecule has 0 radical (unpaired) electrons. The van der Waals surface area contributed by atoms with Gasteiger partial charge in [0.1, 0.15) is 5.82 Å². The molecule has 0 saturated carbocycles. The van der Waals surface area contributed by atoms with Crippen LogP contribution in [0.2, 0.25) is 0 Å². The van der Waals surface area contributed by atoms with Gasteiger partial charge in [0, 0.05) is 62.1 Å². The number of nitrogens with one attached hydrogen (secondary N) is 1. The number of fused-ring (bicyclic) bond motifs is 1. The maximum atomic E-state index is 12.2. The number of H-pyrrole nitrogens is 1. The van der Waals surface area contributed by atoms with E-state index in [2.05, 4.69) is 20.0 Å². The number of aryl methyl sites for hydroxylation is 2. The zero-order valence-corrected chi connectivity index (χ0v) is 15.8. The summed E-state index contributed by atoms with van der Waals surface area (Å²) in [5.74, 6) is 0.579. The Morgan fingerprint density at radius 2 is 2.15 bits per heavy atom. The summed E-state index contributed by atoms with van der Waals surface area (Å²) in [6.07, 6.45) is 4.41. The van der Waals surface area contributed by atoms with E-state index >= 15 is 0 Å². The van der Waals surface area contributed by atoms with Gasteiger partial charge in [-0.05, 0) is 19.9 Å². The van der Waals surface area contributed by atoms with Gasteiger partial charge in [0.2, 0.25) is 0 Å². The van der Waals surface area contributed by atoms with Crippen LogP contribution in [0.15, 0.2) is 29.5 Å².